The van der Waals surface area contributed by atoms with Crippen LogP contribution in [-0.4, -0.2) is 47.6 Å². The van der Waals surface area contributed by atoms with Crippen LogP contribution in [0.25, 0.3) is 10.8 Å². The van der Waals surface area contributed by atoms with E-state index in [1.807, 2.05) is 26.1 Å². The Hall–Kier alpha value is -2.86. The molecule has 1 aliphatic rings. The maximum Gasteiger partial charge on any atom is 0.253 e. The van der Waals surface area contributed by atoms with Crippen molar-refractivity contribution < 1.29 is 0 Å². The van der Waals surface area contributed by atoms with E-state index >= 15 is 0 Å². The predicted molar refractivity (Wildman–Crippen MR) is 138 cm³/mol. The van der Waals surface area contributed by atoms with Gasteiger partial charge in [0.15, 0.2) is 0 Å². The number of anilines is 2. The van der Waals surface area contributed by atoms with Crippen LogP contribution in [0.15, 0.2) is 41.3 Å². The number of aromatic nitrogens is 2. The van der Waals surface area contributed by atoms with E-state index in [-0.39, 0.29) is 5.56 Å². The van der Waals surface area contributed by atoms with Crippen molar-refractivity contribution in [2.24, 2.45) is 0 Å². The van der Waals surface area contributed by atoms with E-state index in [9.17, 15) is 4.79 Å². The van der Waals surface area contributed by atoms with Gasteiger partial charge in [0.2, 0.25) is 0 Å². The standard InChI is InChI=1S/C27H37N5O/c1-6-32(21-12-10-20(11-13-21)31(4)5)25-9-7-8-23-22(25)14-15-28-26(23)29-17-24-18(2)16-19(3)30-27(24)33/h7-9,14-16,20-21H,6,10-13,17H2,1-5H3,(H,28,29)(H,30,33). The zero-order chi connectivity index (χ0) is 23.5. The molecule has 2 aromatic heterocycles. The zero-order valence-corrected chi connectivity index (χ0v) is 20.6. The molecule has 6 heteroatoms. The summed E-state index contributed by atoms with van der Waals surface area (Å²) in [6, 6.07) is 11.9. The molecule has 0 unspecified atom stereocenters. The molecule has 0 aliphatic heterocycles. The molecule has 33 heavy (non-hydrogen) atoms. The summed E-state index contributed by atoms with van der Waals surface area (Å²) in [5, 5.41) is 5.74. The van der Waals surface area contributed by atoms with Crippen LogP contribution < -0.4 is 15.8 Å². The van der Waals surface area contributed by atoms with Crippen LogP contribution in [0.5, 0.6) is 0 Å². The highest BCUT2D eigenvalue weighted by molar-refractivity contribution is 6.00. The monoisotopic (exact) mass is 447 g/mol. The second-order valence-electron chi connectivity index (χ2n) is 9.54. The van der Waals surface area contributed by atoms with Gasteiger partial charge in [-0.15, -0.1) is 0 Å². The van der Waals surface area contributed by atoms with Crippen molar-refractivity contribution in [3.05, 3.63) is 63.7 Å². The van der Waals surface area contributed by atoms with Crippen LogP contribution >= 0.6 is 0 Å². The number of benzene rings is 1. The van der Waals surface area contributed by atoms with Crippen LogP contribution in [0.2, 0.25) is 0 Å². The van der Waals surface area contributed by atoms with Crippen LogP contribution in [0.4, 0.5) is 11.5 Å². The predicted octanol–water partition coefficient (Wildman–Crippen LogP) is 4.85. The van der Waals surface area contributed by atoms with Crippen LogP contribution in [0.3, 0.4) is 0 Å². The average Bonchev–Trinajstić information content (AvgIpc) is 2.79. The fourth-order valence-corrected chi connectivity index (χ4v) is 5.37. The van der Waals surface area contributed by atoms with Crippen molar-refractivity contribution in [3.63, 3.8) is 0 Å². The Balaban J connectivity index is 1.60. The quantitative estimate of drug-likeness (QED) is 0.542. The first-order valence-electron chi connectivity index (χ1n) is 12.1. The van der Waals surface area contributed by atoms with Crippen molar-refractivity contribution in [3.8, 4) is 0 Å². The minimum Gasteiger partial charge on any atom is -0.368 e. The van der Waals surface area contributed by atoms with E-state index in [1.54, 1.807) is 0 Å². The first-order valence-corrected chi connectivity index (χ1v) is 12.1. The van der Waals surface area contributed by atoms with Crippen molar-refractivity contribution in [1.82, 2.24) is 14.9 Å². The number of pyridine rings is 2. The first kappa shape index (κ1) is 23.3. The van der Waals surface area contributed by atoms with E-state index in [0.717, 1.165) is 34.6 Å². The first-order chi connectivity index (χ1) is 15.9. The summed E-state index contributed by atoms with van der Waals surface area (Å²) in [6.45, 7) is 7.58. The van der Waals surface area contributed by atoms with Gasteiger partial charge in [-0.3, -0.25) is 4.79 Å². The number of aromatic amines is 1. The maximum absolute atomic E-state index is 12.4. The van der Waals surface area contributed by atoms with Gasteiger partial charge >= 0.3 is 0 Å². The Labute approximate surface area is 197 Å². The Morgan fingerprint density at radius 1 is 1.06 bits per heavy atom. The summed E-state index contributed by atoms with van der Waals surface area (Å²) >= 11 is 0. The summed E-state index contributed by atoms with van der Waals surface area (Å²) in [5.41, 5.74) is 3.87. The summed E-state index contributed by atoms with van der Waals surface area (Å²) < 4.78 is 0. The van der Waals surface area contributed by atoms with Crippen molar-refractivity contribution in [1.29, 1.82) is 0 Å². The van der Waals surface area contributed by atoms with Crippen LogP contribution in [0, 0.1) is 13.8 Å². The highest BCUT2D eigenvalue weighted by Crippen LogP contribution is 2.35. The topological polar surface area (TPSA) is 64.3 Å². The molecule has 0 amide bonds. The minimum atomic E-state index is -0.0357. The third kappa shape index (κ3) is 4.91. The Morgan fingerprint density at radius 3 is 2.45 bits per heavy atom. The SMILES string of the molecule is CCN(c1cccc2c(NCc3c(C)cc(C)[nH]c3=O)nccc12)C1CCC(N(C)C)CC1. The van der Waals surface area contributed by atoms with Gasteiger partial charge in [0.25, 0.3) is 5.56 Å². The molecule has 0 saturated heterocycles. The Morgan fingerprint density at radius 2 is 1.79 bits per heavy atom. The number of H-pyrrole nitrogens is 1. The van der Waals surface area contributed by atoms with Crippen molar-refractivity contribution >= 4 is 22.3 Å². The smallest absolute Gasteiger partial charge is 0.253 e. The summed E-state index contributed by atoms with van der Waals surface area (Å²) in [5.74, 6) is 0.820. The number of hydrogen-bond acceptors (Lipinski definition) is 5. The van der Waals surface area contributed by atoms with Gasteiger partial charge in [0, 0.05) is 59.1 Å². The van der Waals surface area contributed by atoms with Crippen molar-refractivity contribution in [2.75, 3.05) is 30.9 Å². The molecule has 1 saturated carbocycles. The minimum absolute atomic E-state index is 0.0357. The zero-order valence-electron chi connectivity index (χ0n) is 20.6. The van der Waals surface area contributed by atoms with Gasteiger partial charge in [0.05, 0.1) is 0 Å². The molecule has 1 aromatic carbocycles. The van der Waals surface area contributed by atoms with E-state index in [4.69, 9.17) is 0 Å². The van der Waals surface area contributed by atoms with E-state index < -0.39 is 0 Å². The van der Waals surface area contributed by atoms with Gasteiger partial charge in [-0.05, 0) is 84.3 Å². The van der Waals surface area contributed by atoms with E-state index in [2.05, 4.69) is 70.4 Å². The highest BCUT2D eigenvalue weighted by Gasteiger charge is 2.27. The largest absolute Gasteiger partial charge is 0.368 e. The maximum atomic E-state index is 12.4. The molecule has 4 rings (SSSR count). The van der Waals surface area contributed by atoms with Gasteiger partial charge in [-0.2, -0.15) is 0 Å². The molecule has 1 aliphatic carbocycles. The molecule has 1 fully saturated rings. The molecule has 2 N–H and O–H groups in total. The molecule has 0 spiro atoms. The molecule has 0 atom stereocenters. The van der Waals surface area contributed by atoms with Gasteiger partial charge < -0.3 is 20.1 Å². The van der Waals surface area contributed by atoms with E-state index in [1.165, 1.54) is 36.8 Å². The van der Waals surface area contributed by atoms with Crippen LogP contribution in [-0.2, 0) is 6.54 Å². The highest BCUT2D eigenvalue weighted by atomic mass is 16.1. The second-order valence-corrected chi connectivity index (χ2v) is 9.54. The number of nitrogens with one attached hydrogen (secondary N) is 2. The molecule has 2 heterocycles. The summed E-state index contributed by atoms with van der Waals surface area (Å²) in [4.78, 5) is 24.9. The lowest BCUT2D eigenvalue weighted by Crippen LogP contribution is -2.42. The van der Waals surface area contributed by atoms with Crippen LogP contribution in [0.1, 0.15) is 49.4 Å². The molecule has 0 radical (unpaired) electrons. The molecule has 176 valence electrons. The van der Waals surface area contributed by atoms with Crippen molar-refractivity contribution in [2.45, 2.75) is 65.1 Å². The average molecular weight is 448 g/mol. The Bertz CT molecular complexity index is 1160. The number of nitrogens with zero attached hydrogens (tertiary/aromatic N) is 3. The third-order valence-corrected chi connectivity index (χ3v) is 7.20. The number of hydrogen-bond donors (Lipinski definition) is 2. The molecular formula is C27H37N5O. The fourth-order valence-electron chi connectivity index (χ4n) is 5.37. The normalized spacial score (nSPS) is 18.6. The number of rotatable bonds is 7. The summed E-state index contributed by atoms with van der Waals surface area (Å²) in [6.07, 6.45) is 6.81. The lowest BCUT2D eigenvalue weighted by Gasteiger charge is -2.40. The van der Waals surface area contributed by atoms with E-state index in [0.29, 0.717) is 18.6 Å². The lowest BCUT2D eigenvalue weighted by atomic mass is 9.89. The second kappa shape index (κ2) is 9.96. The van der Waals surface area contributed by atoms with Gasteiger partial charge in [-0.25, -0.2) is 4.98 Å². The third-order valence-electron chi connectivity index (χ3n) is 7.20. The van der Waals surface area contributed by atoms with Gasteiger partial charge in [-0.1, -0.05) is 12.1 Å². The molecular weight excluding hydrogens is 410 g/mol. The van der Waals surface area contributed by atoms with Gasteiger partial charge in [0.1, 0.15) is 5.82 Å². The molecule has 0 bridgehead atoms. The molecule has 6 nitrogen and oxygen atoms in total. The fraction of sp³-hybridized carbons (Fsp3) is 0.481. The lowest BCUT2D eigenvalue weighted by molar-refractivity contribution is 0.214. The number of aryl methyl sites for hydroxylation is 2. The number of fused-ring (bicyclic) bond motifs is 1. The Kier molecular flexibility index (Phi) is 7.03. The summed E-state index contributed by atoms with van der Waals surface area (Å²) in [7, 11) is 4.39. The molecule has 3 aromatic rings.